The van der Waals surface area contributed by atoms with Crippen molar-refractivity contribution in [1.82, 2.24) is 4.90 Å². The SMILES string of the molecule is CCCCCCCCCCCCCCCCC(C)(CCCCCCCCCCCCCCCC)N1CCCC1=O. The molecule has 0 aromatic carbocycles. The second-order valence-electron chi connectivity index (χ2n) is 13.8. The summed E-state index contributed by atoms with van der Waals surface area (Å²) in [5.74, 6) is 0.429. The lowest BCUT2D eigenvalue weighted by Gasteiger charge is -2.39. The van der Waals surface area contributed by atoms with Gasteiger partial charge in [0.25, 0.3) is 0 Å². The third-order valence-electron chi connectivity index (χ3n) is 9.86. The van der Waals surface area contributed by atoms with Crippen LogP contribution in [0.15, 0.2) is 0 Å². The predicted molar refractivity (Wildman–Crippen MR) is 179 cm³/mol. The molecule has 1 fully saturated rings. The normalized spacial score (nSPS) is 14.1. The van der Waals surface area contributed by atoms with Crippen LogP contribution >= 0.6 is 0 Å². The van der Waals surface area contributed by atoms with Crippen molar-refractivity contribution in [2.24, 2.45) is 0 Å². The van der Waals surface area contributed by atoms with Gasteiger partial charge in [0.05, 0.1) is 0 Å². The minimum Gasteiger partial charge on any atom is -0.337 e. The zero-order chi connectivity index (χ0) is 29.0. The number of amides is 1. The van der Waals surface area contributed by atoms with Crippen molar-refractivity contribution < 1.29 is 4.79 Å². The fraction of sp³-hybridized carbons (Fsp3) is 0.974. The van der Waals surface area contributed by atoms with Gasteiger partial charge < -0.3 is 4.90 Å². The van der Waals surface area contributed by atoms with E-state index < -0.39 is 0 Å². The number of carbonyl (C=O) groups is 1. The largest absolute Gasteiger partial charge is 0.337 e. The Kier molecular flexibility index (Phi) is 25.6. The van der Waals surface area contributed by atoms with Crippen LogP contribution in [0, 0.1) is 0 Å². The van der Waals surface area contributed by atoms with Gasteiger partial charge in [0, 0.05) is 18.5 Å². The molecule has 1 aliphatic heterocycles. The standard InChI is InChI=1S/C38H75NO/c1-4-6-8-10-12-14-16-18-20-22-24-26-28-30-34-38(3,39-36-32-33-37(39)40)35-31-29-27-25-23-21-19-17-15-13-11-9-7-5-2/h4-36H2,1-3H3. The van der Waals surface area contributed by atoms with Gasteiger partial charge in [0.2, 0.25) is 5.91 Å². The van der Waals surface area contributed by atoms with E-state index in [0.717, 1.165) is 19.4 Å². The summed E-state index contributed by atoms with van der Waals surface area (Å²) in [5, 5.41) is 0. The first-order valence-electron chi connectivity index (χ1n) is 18.9. The van der Waals surface area contributed by atoms with Crippen LogP contribution in [0.25, 0.3) is 0 Å². The smallest absolute Gasteiger partial charge is 0.223 e. The van der Waals surface area contributed by atoms with E-state index in [1.165, 1.54) is 193 Å². The molecule has 2 nitrogen and oxygen atoms in total. The van der Waals surface area contributed by atoms with Gasteiger partial charge in [-0.05, 0) is 26.2 Å². The average molecular weight is 562 g/mol. The van der Waals surface area contributed by atoms with E-state index in [1.54, 1.807) is 0 Å². The second-order valence-corrected chi connectivity index (χ2v) is 13.8. The molecule has 0 spiro atoms. The van der Waals surface area contributed by atoms with Gasteiger partial charge in [-0.15, -0.1) is 0 Å². The summed E-state index contributed by atoms with van der Waals surface area (Å²) in [6, 6.07) is 0. The van der Waals surface area contributed by atoms with Crippen LogP contribution in [0.1, 0.15) is 226 Å². The zero-order valence-electron chi connectivity index (χ0n) is 28.2. The summed E-state index contributed by atoms with van der Waals surface area (Å²) in [6.07, 6.45) is 43.9. The van der Waals surface area contributed by atoms with Gasteiger partial charge >= 0.3 is 0 Å². The molecule has 0 unspecified atom stereocenters. The molecule has 0 saturated carbocycles. The van der Waals surface area contributed by atoms with Crippen LogP contribution in [0.3, 0.4) is 0 Å². The van der Waals surface area contributed by atoms with Crippen molar-refractivity contribution in [1.29, 1.82) is 0 Å². The number of rotatable bonds is 31. The number of nitrogens with zero attached hydrogens (tertiary/aromatic N) is 1. The van der Waals surface area contributed by atoms with Crippen molar-refractivity contribution in [3.8, 4) is 0 Å². The number of hydrogen-bond donors (Lipinski definition) is 0. The molecule has 0 aromatic rings. The van der Waals surface area contributed by atoms with E-state index in [9.17, 15) is 4.79 Å². The molecule has 1 rings (SSSR count). The molecule has 1 heterocycles. The van der Waals surface area contributed by atoms with E-state index in [1.807, 2.05) is 0 Å². The van der Waals surface area contributed by atoms with Crippen LogP contribution in [0.4, 0.5) is 0 Å². The average Bonchev–Trinajstić information content (AvgIpc) is 3.40. The van der Waals surface area contributed by atoms with Crippen LogP contribution < -0.4 is 0 Å². The van der Waals surface area contributed by atoms with E-state index in [2.05, 4.69) is 25.7 Å². The molecule has 1 amide bonds. The fourth-order valence-electron chi connectivity index (χ4n) is 7.01. The van der Waals surface area contributed by atoms with Crippen LogP contribution in [-0.4, -0.2) is 22.9 Å². The molecule has 238 valence electrons. The van der Waals surface area contributed by atoms with Crippen molar-refractivity contribution >= 4 is 5.91 Å². The topological polar surface area (TPSA) is 20.3 Å². The molecule has 0 aromatic heterocycles. The van der Waals surface area contributed by atoms with Crippen molar-refractivity contribution in [3.05, 3.63) is 0 Å². The Labute approximate surface area is 253 Å². The molecular weight excluding hydrogens is 486 g/mol. The molecule has 1 aliphatic rings. The molecule has 0 radical (unpaired) electrons. The minimum atomic E-state index is 0.113. The molecule has 0 N–H and O–H groups in total. The van der Waals surface area contributed by atoms with Gasteiger partial charge in [0.1, 0.15) is 0 Å². The lowest BCUT2D eigenvalue weighted by Crippen LogP contribution is -2.47. The Morgan fingerprint density at radius 1 is 0.475 bits per heavy atom. The number of unbranched alkanes of at least 4 members (excludes halogenated alkanes) is 26. The second kappa shape index (κ2) is 27.3. The Morgan fingerprint density at radius 2 is 0.750 bits per heavy atom. The van der Waals surface area contributed by atoms with Crippen LogP contribution in [0.2, 0.25) is 0 Å². The number of carbonyl (C=O) groups excluding carboxylic acids is 1. The van der Waals surface area contributed by atoms with E-state index >= 15 is 0 Å². The van der Waals surface area contributed by atoms with Crippen molar-refractivity contribution in [2.75, 3.05) is 6.54 Å². The zero-order valence-corrected chi connectivity index (χ0v) is 28.2. The Bertz CT molecular complexity index is 512. The third-order valence-corrected chi connectivity index (χ3v) is 9.86. The molecule has 0 atom stereocenters. The molecule has 40 heavy (non-hydrogen) atoms. The lowest BCUT2D eigenvalue weighted by atomic mass is 9.86. The van der Waals surface area contributed by atoms with Gasteiger partial charge in [-0.1, -0.05) is 194 Å². The third kappa shape index (κ3) is 20.4. The summed E-state index contributed by atoms with van der Waals surface area (Å²) in [4.78, 5) is 14.9. The van der Waals surface area contributed by atoms with E-state index in [0.29, 0.717) is 5.91 Å². The highest BCUT2D eigenvalue weighted by Gasteiger charge is 2.36. The summed E-state index contributed by atoms with van der Waals surface area (Å²) < 4.78 is 0. The first kappa shape index (κ1) is 37.5. The lowest BCUT2D eigenvalue weighted by molar-refractivity contribution is -0.133. The van der Waals surface area contributed by atoms with Gasteiger partial charge in [-0.3, -0.25) is 4.79 Å². The first-order chi connectivity index (χ1) is 19.6. The van der Waals surface area contributed by atoms with Gasteiger partial charge in [-0.2, -0.15) is 0 Å². The molecular formula is C38H75NO. The minimum absolute atomic E-state index is 0.113. The van der Waals surface area contributed by atoms with E-state index in [4.69, 9.17) is 0 Å². The van der Waals surface area contributed by atoms with Crippen molar-refractivity contribution in [2.45, 2.75) is 232 Å². The molecule has 1 saturated heterocycles. The quantitative estimate of drug-likeness (QED) is 0.0771. The summed E-state index contributed by atoms with van der Waals surface area (Å²) in [6.45, 7) is 8.02. The maximum Gasteiger partial charge on any atom is 0.223 e. The Balaban J connectivity index is 2.06. The predicted octanol–water partition coefficient (Wildman–Crippen LogP) is 13.1. The Morgan fingerprint density at radius 3 is 1.00 bits per heavy atom. The highest BCUT2D eigenvalue weighted by molar-refractivity contribution is 5.78. The summed E-state index contributed by atoms with van der Waals surface area (Å²) in [5.41, 5.74) is 0.113. The number of hydrogen-bond acceptors (Lipinski definition) is 1. The van der Waals surface area contributed by atoms with Crippen molar-refractivity contribution in [3.63, 3.8) is 0 Å². The molecule has 0 bridgehead atoms. The maximum atomic E-state index is 12.6. The van der Waals surface area contributed by atoms with E-state index in [-0.39, 0.29) is 5.54 Å². The highest BCUT2D eigenvalue weighted by atomic mass is 16.2. The monoisotopic (exact) mass is 562 g/mol. The number of likely N-dealkylation sites (tertiary alicyclic amines) is 1. The van der Waals surface area contributed by atoms with Crippen LogP contribution in [0.5, 0.6) is 0 Å². The first-order valence-corrected chi connectivity index (χ1v) is 18.9. The molecule has 2 heteroatoms. The highest BCUT2D eigenvalue weighted by Crippen LogP contribution is 2.33. The maximum absolute atomic E-state index is 12.6. The summed E-state index contributed by atoms with van der Waals surface area (Å²) >= 11 is 0. The summed E-state index contributed by atoms with van der Waals surface area (Å²) in [7, 11) is 0. The van der Waals surface area contributed by atoms with Gasteiger partial charge in [-0.25, -0.2) is 0 Å². The van der Waals surface area contributed by atoms with Gasteiger partial charge in [0.15, 0.2) is 0 Å². The van der Waals surface area contributed by atoms with Crippen LogP contribution in [-0.2, 0) is 4.79 Å². The fourth-order valence-corrected chi connectivity index (χ4v) is 7.01. The Hall–Kier alpha value is -0.530. The molecule has 0 aliphatic carbocycles.